The van der Waals surface area contributed by atoms with Gasteiger partial charge in [0.2, 0.25) is 0 Å². The van der Waals surface area contributed by atoms with Gasteiger partial charge in [0.25, 0.3) is 0 Å². The smallest absolute Gasteiger partial charge is 0.337 e. The Balaban J connectivity index is 1.52. The number of hydrogen-bond acceptors (Lipinski definition) is 7. The summed E-state index contributed by atoms with van der Waals surface area (Å²) < 4.78 is 10.4. The molecule has 30 heavy (non-hydrogen) atoms. The number of methoxy groups -OCH3 is 1. The van der Waals surface area contributed by atoms with Crippen LogP contribution in [-0.2, 0) is 11.3 Å². The molecule has 0 aliphatic heterocycles. The first-order chi connectivity index (χ1) is 14.5. The Morgan fingerprint density at radius 2 is 1.73 bits per heavy atom. The van der Waals surface area contributed by atoms with Crippen LogP contribution in [0.2, 0.25) is 0 Å². The molecule has 0 atom stereocenters. The molecule has 0 fully saturated rings. The number of carboxylic acid groups (broad SMARTS) is 1. The molecular formula is C23H19N2O5-. The van der Waals surface area contributed by atoms with E-state index in [0.29, 0.717) is 23.6 Å². The second kappa shape index (κ2) is 9.88. The molecular weight excluding hydrogens is 384 g/mol. The number of nitrogens with one attached hydrogen (secondary N) is 1. The second-order valence-corrected chi connectivity index (χ2v) is 6.28. The SMILES string of the molecule is COC(=O)c1ccc(COc2ccc(/C=N\Nc3cccc(C(=O)[O-])c3)cc2)cc1. The van der Waals surface area contributed by atoms with Gasteiger partial charge in [0.05, 0.1) is 30.5 Å². The third kappa shape index (κ3) is 5.68. The maximum atomic E-state index is 11.4. The summed E-state index contributed by atoms with van der Waals surface area (Å²) in [6, 6.07) is 20.6. The molecule has 7 nitrogen and oxygen atoms in total. The highest BCUT2D eigenvalue weighted by Crippen LogP contribution is 2.15. The van der Waals surface area contributed by atoms with Gasteiger partial charge < -0.3 is 19.4 Å². The number of hydrogen-bond donors (Lipinski definition) is 1. The Bertz CT molecular complexity index is 1040. The molecule has 0 saturated heterocycles. The van der Waals surface area contributed by atoms with Crippen LogP contribution in [0.25, 0.3) is 0 Å². The first kappa shape index (κ1) is 20.6. The monoisotopic (exact) mass is 403 g/mol. The molecule has 0 unspecified atom stereocenters. The Hall–Kier alpha value is -4.13. The molecule has 7 heteroatoms. The van der Waals surface area contributed by atoms with Crippen molar-refractivity contribution >= 4 is 23.8 Å². The van der Waals surface area contributed by atoms with Crippen molar-refractivity contribution in [3.63, 3.8) is 0 Å². The molecule has 0 aromatic heterocycles. The second-order valence-electron chi connectivity index (χ2n) is 6.28. The molecule has 3 aromatic rings. The molecule has 3 rings (SSSR count). The van der Waals surface area contributed by atoms with Gasteiger partial charge in [-0.2, -0.15) is 5.10 Å². The van der Waals surface area contributed by atoms with Gasteiger partial charge in [-0.1, -0.05) is 24.3 Å². The Morgan fingerprint density at radius 3 is 2.40 bits per heavy atom. The Labute approximate surface area is 173 Å². The first-order valence-corrected chi connectivity index (χ1v) is 9.06. The normalized spacial score (nSPS) is 10.6. The van der Waals surface area contributed by atoms with Gasteiger partial charge in [0, 0.05) is 0 Å². The van der Waals surface area contributed by atoms with Crippen LogP contribution >= 0.6 is 0 Å². The van der Waals surface area contributed by atoms with Crippen molar-refractivity contribution in [3.8, 4) is 5.75 Å². The van der Waals surface area contributed by atoms with Crippen molar-refractivity contribution in [1.29, 1.82) is 0 Å². The van der Waals surface area contributed by atoms with Crippen LogP contribution in [0.3, 0.4) is 0 Å². The van der Waals surface area contributed by atoms with E-state index in [1.54, 1.807) is 30.5 Å². The quantitative estimate of drug-likeness (QED) is 0.353. The van der Waals surface area contributed by atoms with E-state index < -0.39 is 5.97 Å². The summed E-state index contributed by atoms with van der Waals surface area (Å²) in [6.07, 6.45) is 1.61. The van der Waals surface area contributed by atoms with Crippen molar-refractivity contribution in [2.24, 2.45) is 5.10 Å². The van der Waals surface area contributed by atoms with Crippen LogP contribution in [0, 0.1) is 0 Å². The molecule has 0 saturated carbocycles. The first-order valence-electron chi connectivity index (χ1n) is 9.06. The molecule has 0 heterocycles. The fraction of sp³-hybridized carbons (Fsp3) is 0.0870. The predicted molar refractivity (Wildman–Crippen MR) is 111 cm³/mol. The van der Waals surface area contributed by atoms with Gasteiger partial charge in [0.15, 0.2) is 0 Å². The van der Waals surface area contributed by atoms with Gasteiger partial charge in [-0.15, -0.1) is 0 Å². The molecule has 1 N–H and O–H groups in total. The number of rotatable bonds is 8. The van der Waals surface area contributed by atoms with E-state index in [1.165, 1.54) is 19.2 Å². The summed E-state index contributed by atoms with van der Waals surface area (Å²) in [5.74, 6) is -0.919. The number of aromatic carboxylic acids is 1. The maximum absolute atomic E-state index is 11.4. The van der Waals surface area contributed by atoms with Gasteiger partial charge in [-0.3, -0.25) is 5.43 Å². The maximum Gasteiger partial charge on any atom is 0.337 e. The highest BCUT2D eigenvalue weighted by atomic mass is 16.5. The molecule has 0 aliphatic rings. The molecule has 0 spiro atoms. The van der Waals surface area contributed by atoms with E-state index in [-0.39, 0.29) is 11.5 Å². The lowest BCUT2D eigenvalue weighted by molar-refractivity contribution is -0.255. The van der Waals surface area contributed by atoms with Gasteiger partial charge in [-0.25, -0.2) is 4.79 Å². The molecule has 0 bridgehead atoms. The van der Waals surface area contributed by atoms with E-state index in [4.69, 9.17) is 4.74 Å². The third-order valence-electron chi connectivity index (χ3n) is 4.17. The van der Waals surface area contributed by atoms with Crippen LogP contribution in [0.15, 0.2) is 77.9 Å². The Kier molecular flexibility index (Phi) is 6.78. The van der Waals surface area contributed by atoms with Crippen molar-refractivity contribution in [1.82, 2.24) is 0 Å². The van der Waals surface area contributed by atoms with Gasteiger partial charge >= 0.3 is 5.97 Å². The van der Waals surface area contributed by atoms with Gasteiger partial charge in [0.1, 0.15) is 12.4 Å². The van der Waals surface area contributed by atoms with Crippen molar-refractivity contribution < 1.29 is 24.2 Å². The van der Waals surface area contributed by atoms with E-state index in [2.05, 4.69) is 15.3 Å². The van der Waals surface area contributed by atoms with Crippen LogP contribution < -0.4 is 15.3 Å². The highest BCUT2D eigenvalue weighted by Gasteiger charge is 2.04. The zero-order chi connectivity index (χ0) is 21.3. The van der Waals surface area contributed by atoms with E-state index in [0.717, 1.165) is 11.1 Å². The standard InChI is InChI=1S/C23H20N2O5/c1-29-23(28)18-9-5-17(6-10-18)15-30-21-11-7-16(8-12-21)14-24-25-20-4-2-3-19(13-20)22(26)27/h2-14,25H,15H2,1H3,(H,26,27)/p-1/b24-14-. The number of carbonyl (C=O) groups is 2. The fourth-order valence-corrected chi connectivity index (χ4v) is 2.57. The molecule has 0 radical (unpaired) electrons. The minimum absolute atomic E-state index is 0.0802. The summed E-state index contributed by atoms with van der Waals surface area (Å²) in [7, 11) is 1.35. The summed E-state index contributed by atoms with van der Waals surface area (Å²) >= 11 is 0. The van der Waals surface area contributed by atoms with E-state index >= 15 is 0 Å². The molecule has 152 valence electrons. The number of nitrogens with zero attached hydrogens (tertiary/aromatic N) is 1. The minimum Gasteiger partial charge on any atom is -0.545 e. The predicted octanol–water partition coefficient (Wildman–Crippen LogP) is 2.86. The summed E-state index contributed by atoms with van der Waals surface area (Å²) in [4.78, 5) is 22.3. The van der Waals surface area contributed by atoms with Crippen molar-refractivity contribution in [3.05, 3.63) is 95.1 Å². The van der Waals surface area contributed by atoms with Crippen molar-refractivity contribution in [2.75, 3.05) is 12.5 Å². The molecule has 0 aliphatic carbocycles. The number of carbonyl (C=O) groups excluding carboxylic acids is 2. The average Bonchev–Trinajstić information content (AvgIpc) is 2.78. The highest BCUT2D eigenvalue weighted by molar-refractivity contribution is 5.89. The zero-order valence-corrected chi connectivity index (χ0v) is 16.2. The summed E-state index contributed by atoms with van der Waals surface area (Å²) in [5.41, 5.74) is 5.67. The average molecular weight is 403 g/mol. The van der Waals surface area contributed by atoms with Crippen molar-refractivity contribution in [2.45, 2.75) is 6.61 Å². The number of ether oxygens (including phenoxy) is 2. The molecule has 0 amide bonds. The largest absolute Gasteiger partial charge is 0.545 e. The summed E-state index contributed by atoms with van der Waals surface area (Å²) in [6.45, 7) is 0.366. The lowest BCUT2D eigenvalue weighted by Crippen LogP contribution is -2.22. The van der Waals surface area contributed by atoms with E-state index in [1.807, 2.05) is 36.4 Å². The lowest BCUT2D eigenvalue weighted by Gasteiger charge is -2.07. The lowest BCUT2D eigenvalue weighted by atomic mass is 10.1. The minimum atomic E-state index is -1.24. The summed E-state index contributed by atoms with van der Waals surface area (Å²) in [5, 5.41) is 15.0. The zero-order valence-electron chi connectivity index (χ0n) is 16.2. The number of benzene rings is 3. The topological polar surface area (TPSA) is 100 Å². The molecule has 3 aromatic carbocycles. The van der Waals surface area contributed by atoms with Crippen LogP contribution in [0.4, 0.5) is 5.69 Å². The number of esters is 1. The fourth-order valence-electron chi connectivity index (χ4n) is 2.57. The number of hydrazone groups is 1. The third-order valence-corrected chi connectivity index (χ3v) is 4.17. The number of carboxylic acids is 1. The van der Waals surface area contributed by atoms with Crippen LogP contribution in [0.1, 0.15) is 31.8 Å². The van der Waals surface area contributed by atoms with Gasteiger partial charge in [-0.05, 0) is 65.2 Å². The van der Waals surface area contributed by atoms with Crippen LogP contribution in [0.5, 0.6) is 5.75 Å². The van der Waals surface area contributed by atoms with Crippen LogP contribution in [-0.4, -0.2) is 25.3 Å². The number of anilines is 1. The Morgan fingerprint density at radius 1 is 1.00 bits per heavy atom. The van der Waals surface area contributed by atoms with E-state index in [9.17, 15) is 14.7 Å².